The summed E-state index contributed by atoms with van der Waals surface area (Å²) in [6.07, 6.45) is 1.26. The molecule has 0 amide bonds. The summed E-state index contributed by atoms with van der Waals surface area (Å²) >= 11 is 0. The third-order valence-corrected chi connectivity index (χ3v) is 4.32. The summed E-state index contributed by atoms with van der Waals surface area (Å²) in [5, 5.41) is 8.52. The van der Waals surface area contributed by atoms with Crippen molar-refractivity contribution in [3.8, 4) is 0 Å². The van der Waals surface area contributed by atoms with E-state index in [1.165, 1.54) is 0 Å². The van der Waals surface area contributed by atoms with Gasteiger partial charge in [-0.2, -0.15) is 0 Å². The van der Waals surface area contributed by atoms with E-state index in [9.17, 15) is 9.59 Å². The van der Waals surface area contributed by atoms with Crippen LogP contribution in [0.1, 0.15) is 32.6 Å². The lowest BCUT2D eigenvalue weighted by atomic mass is 10.2. The lowest BCUT2D eigenvalue weighted by Crippen LogP contribution is -2.15. The van der Waals surface area contributed by atoms with Crippen LogP contribution < -0.4 is 0 Å². The smallest absolute Gasteiger partial charge is 0.305 e. The van der Waals surface area contributed by atoms with Crippen LogP contribution >= 0.6 is 0 Å². The van der Waals surface area contributed by atoms with Gasteiger partial charge in [-0.05, 0) is 19.8 Å². The fourth-order valence-corrected chi connectivity index (χ4v) is 2.52. The summed E-state index contributed by atoms with van der Waals surface area (Å²) in [6, 6.07) is 0. The predicted octanol–water partition coefficient (Wildman–Crippen LogP) is 1.33. The van der Waals surface area contributed by atoms with Crippen LogP contribution in [0.25, 0.3) is 0 Å². The zero-order chi connectivity index (χ0) is 26.4. The highest BCUT2D eigenvalue weighted by atomic mass is 16.6. The van der Waals surface area contributed by atoms with E-state index in [-0.39, 0.29) is 25.4 Å². The first-order valence-electron chi connectivity index (χ1n) is 12.7. The molecule has 36 heavy (non-hydrogen) atoms. The van der Waals surface area contributed by atoms with Gasteiger partial charge in [0.25, 0.3) is 0 Å². The molecule has 0 aromatic heterocycles. The molecule has 0 radical (unpaired) electrons. The van der Waals surface area contributed by atoms with Gasteiger partial charge in [0, 0.05) is 19.4 Å². The highest BCUT2D eigenvalue weighted by Gasteiger charge is 2.04. The fraction of sp³-hybridized carbons (Fsp3) is 0.917. The van der Waals surface area contributed by atoms with Gasteiger partial charge >= 0.3 is 11.9 Å². The lowest BCUT2D eigenvalue weighted by molar-refractivity contribution is -0.146. The Hall–Kier alpha value is -1.38. The highest BCUT2D eigenvalue weighted by molar-refractivity contribution is 5.69. The Kier molecular flexibility index (Phi) is 28.7. The molecule has 214 valence electrons. The number of carboxylic acids is 1. The van der Waals surface area contributed by atoms with Crippen molar-refractivity contribution < 1.29 is 57.3 Å². The second kappa shape index (κ2) is 29.8. The van der Waals surface area contributed by atoms with Crippen molar-refractivity contribution >= 4 is 11.9 Å². The van der Waals surface area contributed by atoms with Gasteiger partial charge in [0.05, 0.1) is 99.1 Å². The van der Waals surface area contributed by atoms with Crippen LogP contribution in [0.5, 0.6) is 0 Å². The molecule has 0 aliphatic carbocycles. The van der Waals surface area contributed by atoms with E-state index in [4.69, 9.17) is 47.7 Å². The van der Waals surface area contributed by atoms with E-state index in [0.717, 1.165) is 0 Å². The summed E-state index contributed by atoms with van der Waals surface area (Å²) in [7, 11) is 0. The number of unbranched alkanes of at least 4 members (excludes halogenated alkanes) is 1. The van der Waals surface area contributed by atoms with Crippen LogP contribution in [0.15, 0.2) is 0 Å². The van der Waals surface area contributed by atoms with Crippen LogP contribution in [0.4, 0.5) is 0 Å². The average molecular weight is 527 g/mol. The second-order valence-corrected chi connectivity index (χ2v) is 7.30. The van der Waals surface area contributed by atoms with Gasteiger partial charge in [-0.3, -0.25) is 9.59 Å². The van der Waals surface area contributed by atoms with E-state index >= 15 is 0 Å². The fourth-order valence-electron chi connectivity index (χ4n) is 2.52. The molecular weight excluding hydrogens is 480 g/mol. The number of ether oxygens (including phenoxy) is 9. The van der Waals surface area contributed by atoms with Crippen molar-refractivity contribution in [1.29, 1.82) is 0 Å². The maximum Gasteiger partial charge on any atom is 0.305 e. The minimum absolute atomic E-state index is 0.0651. The number of esters is 1. The predicted molar refractivity (Wildman–Crippen MR) is 129 cm³/mol. The zero-order valence-corrected chi connectivity index (χ0v) is 21.8. The van der Waals surface area contributed by atoms with Crippen molar-refractivity contribution in [3.05, 3.63) is 0 Å². The number of rotatable bonds is 30. The minimum atomic E-state index is -0.859. The number of hydrogen-bond acceptors (Lipinski definition) is 11. The van der Waals surface area contributed by atoms with Crippen molar-refractivity contribution in [2.24, 2.45) is 0 Å². The molecule has 0 aliphatic rings. The van der Waals surface area contributed by atoms with Crippen LogP contribution in [0.2, 0.25) is 0 Å². The van der Waals surface area contributed by atoms with Crippen LogP contribution in [-0.4, -0.2) is 129 Å². The van der Waals surface area contributed by atoms with Crippen LogP contribution in [-0.2, 0) is 52.2 Å². The molecule has 0 fully saturated rings. The molecule has 1 N–H and O–H groups in total. The van der Waals surface area contributed by atoms with Crippen molar-refractivity contribution in [2.45, 2.75) is 32.6 Å². The van der Waals surface area contributed by atoms with E-state index in [0.29, 0.717) is 119 Å². The molecule has 0 unspecified atom stereocenters. The molecule has 0 aromatic carbocycles. The molecule has 0 aliphatic heterocycles. The summed E-state index contributed by atoms with van der Waals surface area (Å²) in [4.78, 5) is 21.8. The normalized spacial score (nSPS) is 11.1. The van der Waals surface area contributed by atoms with E-state index in [1.807, 2.05) is 6.92 Å². The van der Waals surface area contributed by atoms with Gasteiger partial charge < -0.3 is 47.7 Å². The summed E-state index contributed by atoms with van der Waals surface area (Å²) in [5.74, 6) is -1.20. The molecule has 0 heterocycles. The Labute approximate surface area is 214 Å². The van der Waals surface area contributed by atoms with E-state index in [2.05, 4.69) is 0 Å². The lowest BCUT2D eigenvalue weighted by Gasteiger charge is -2.09. The maximum absolute atomic E-state index is 11.4. The Balaban J connectivity index is 3.10. The summed E-state index contributed by atoms with van der Waals surface area (Å²) < 4.78 is 47.8. The standard InChI is InChI=1S/C24H46O12/c1-2-28-7-8-29-9-10-30-11-12-31-13-14-32-15-16-33-17-18-34-19-20-35-21-22-36-24(27)6-4-3-5-23(25)26/h2-22H2,1H3,(H,25,26). The number of aliphatic carboxylic acids is 1. The molecule has 0 saturated heterocycles. The van der Waals surface area contributed by atoms with Gasteiger partial charge in [0.2, 0.25) is 0 Å². The molecule has 0 saturated carbocycles. The van der Waals surface area contributed by atoms with E-state index < -0.39 is 5.97 Å². The van der Waals surface area contributed by atoms with Gasteiger partial charge in [0.15, 0.2) is 0 Å². The quantitative estimate of drug-likeness (QED) is 0.107. The first-order chi connectivity index (χ1) is 17.7. The molecular formula is C24H46O12. The molecule has 0 aromatic rings. The van der Waals surface area contributed by atoms with E-state index in [1.54, 1.807) is 0 Å². The number of carboxylic acid groups (broad SMARTS) is 1. The molecule has 0 atom stereocenters. The first-order valence-corrected chi connectivity index (χ1v) is 12.7. The Bertz CT molecular complexity index is 478. The van der Waals surface area contributed by atoms with Gasteiger partial charge in [-0.15, -0.1) is 0 Å². The number of hydrogen-bond donors (Lipinski definition) is 1. The van der Waals surface area contributed by atoms with Crippen molar-refractivity contribution in [3.63, 3.8) is 0 Å². The highest BCUT2D eigenvalue weighted by Crippen LogP contribution is 2.01. The monoisotopic (exact) mass is 526 g/mol. The molecule has 0 rings (SSSR count). The van der Waals surface area contributed by atoms with Gasteiger partial charge in [-0.1, -0.05) is 0 Å². The Morgan fingerprint density at radius 2 is 0.778 bits per heavy atom. The van der Waals surface area contributed by atoms with Gasteiger partial charge in [0.1, 0.15) is 6.61 Å². The maximum atomic E-state index is 11.4. The van der Waals surface area contributed by atoms with Crippen LogP contribution in [0.3, 0.4) is 0 Å². The SMILES string of the molecule is CCOCCOCCOCCOCCOCCOCCOCCOCCOC(=O)CCCCC(=O)O. The zero-order valence-electron chi connectivity index (χ0n) is 21.8. The summed E-state index contributed by atoms with van der Waals surface area (Å²) in [5.41, 5.74) is 0. The molecule has 0 bridgehead atoms. The average Bonchev–Trinajstić information content (AvgIpc) is 2.86. The van der Waals surface area contributed by atoms with Crippen LogP contribution in [0, 0.1) is 0 Å². The molecule has 12 heteroatoms. The molecule has 12 nitrogen and oxygen atoms in total. The summed E-state index contributed by atoms with van der Waals surface area (Å²) in [6.45, 7) is 10.1. The third-order valence-electron chi connectivity index (χ3n) is 4.32. The first kappa shape index (κ1) is 34.6. The topological polar surface area (TPSA) is 137 Å². The number of carbonyl (C=O) groups is 2. The Morgan fingerprint density at radius 3 is 1.11 bits per heavy atom. The van der Waals surface area contributed by atoms with Gasteiger partial charge in [-0.25, -0.2) is 0 Å². The Morgan fingerprint density at radius 1 is 0.472 bits per heavy atom. The largest absolute Gasteiger partial charge is 0.481 e. The second-order valence-electron chi connectivity index (χ2n) is 7.30. The number of carbonyl (C=O) groups excluding carboxylic acids is 1. The third kappa shape index (κ3) is 30.7. The van der Waals surface area contributed by atoms with Crippen molar-refractivity contribution in [1.82, 2.24) is 0 Å². The molecule has 0 spiro atoms. The minimum Gasteiger partial charge on any atom is -0.481 e. The van der Waals surface area contributed by atoms with Crippen molar-refractivity contribution in [2.75, 3.05) is 112 Å².